The third-order valence-corrected chi connectivity index (χ3v) is 5.29. The molecule has 1 N–H and O–H groups in total. The Morgan fingerprint density at radius 2 is 1.64 bits per heavy atom. The molecule has 33 heavy (non-hydrogen) atoms. The highest BCUT2D eigenvalue weighted by atomic mass is 35.5. The minimum Gasteiger partial charge on any atom is -0.493 e. The number of rotatable bonds is 11. The third kappa shape index (κ3) is 6.94. The Balaban J connectivity index is 1.62. The first-order valence-electron chi connectivity index (χ1n) is 10.3. The van der Waals surface area contributed by atoms with E-state index < -0.39 is 0 Å². The van der Waals surface area contributed by atoms with Crippen molar-refractivity contribution in [2.75, 3.05) is 20.8 Å². The summed E-state index contributed by atoms with van der Waals surface area (Å²) in [5.41, 5.74) is 5.77. The van der Waals surface area contributed by atoms with Crippen molar-refractivity contribution in [2.45, 2.75) is 20.1 Å². The maximum absolute atomic E-state index is 6.24. The molecule has 0 saturated heterocycles. The first-order valence-corrected chi connectivity index (χ1v) is 11.1. The van der Waals surface area contributed by atoms with Crippen LogP contribution in [0.25, 0.3) is 0 Å². The molecule has 0 bridgehead atoms. The number of nitrogens with zero attached hydrogens (tertiary/aromatic N) is 1. The molecule has 6 nitrogen and oxygen atoms in total. The Morgan fingerprint density at radius 1 is 0.848 bits per heavy atom. The molecule has 0 unspecified atom stereocenters. The van der Waals surface area contributed by atoms with E-state index in [0.29, 0.717) is 52.8 Å². The van der Waals surface area contributed by atoms with Crippen molar-refractivity contribution in [3.63, 3.8) is 0 Å². The molecule has 0 atom stereocenters. The zero-order chi connectivity index (χ0) is 23.6. The lowest BCUT2D eigenvalue weighted by atomic mass is 10.2. The van der Waals surface area contributed by atoms with Crippen LogP contribution in [-0.4, -0.2) is 27.0 Å². The van der Waals surface area contributed by atoms with E-state index in [1.54, 1.807) is 32.6 Å². The fourth-order valence-electron chi connectivity index (χ4n) is 3.03. The van der Waals surface area contributed by atoms with Gasteiger partial charge in [0.2, 0.25) is 0 Å². The predicted octanol–water partition coefficient (Wildman–Crippen LogP) is 6.11. The molecule has 3 rings (SSSR count). The van der Waals surface area contributed by atoms with Gasteiger partial charge >= 0.3 is 0 Å². The van der Waals surface area contributed by atoms with E-state index in [0.717, 1.165) is 16.7 Å². The molecule has 0 radical (unpaired) electrons. The summed E-state index contributed by atoms with van der Waals surface area (Å²) in [5.74, 6) is 2.62. The van der Waals surface area contributed by atoms with Gasteiger partial charge in [0.1, 0.15) is 6.61 Å². The minimum absolute atomic E-state index is 0.302. The van der Waals surface area contributed by atoms with Gasteiger partial charge < -0.3 is 24.4 Å². The quantitative estimate of drug-likeness (QED) is 0.260. The Hall–Kier alpha value is -3.09. The van der Waals surface area contributed by atoms with Crippen LogP contribution in [0.1, 0.15) is 23.6 Å². The average Bonchev–Trinajstić information content (AvgIpc) is 2.82. The summed E-state index contributed by atoms with van der Waals surface area (Å²) in [7, 11) is 3.22. The smallest absolute Gasteiger partial charge is 0.161 e. The molecule has 0 aliphatic heterocycles. The molecule has 0 aliphatic carbocycles. The SMILES string of the molecule is CCOc1cc(/C=N\NCc2ccc(OC)c(OC)c2)ccc1OCc1ccc(Cl)cc1Cl. The van der Waals surface area contributed by atoms with Crippen LogP contribution in [0.15, 0.2) is 59.7 Å². The van der Waals surface area contributed by atoms with E-state index in [1.165, 1.54) is 0 Å². The minimum atomic E-state index is 0.302. The number of hydrogen-bond donors (Lipinski definition) is 1. The fourth-order valence-corrected chi connectivity index (χ4v) is 3.50. The maximum Gasteiger partial charge on any atom is 0.161 e. The molecule has 3 aromatic rings. The number of methoxy groups -OCH3 is 2. The van der Waals surface area contributed by atoms with E-state index >= 15 is 0 Å². The normalized spacial score (nSPS) is 10.8. The van der Waals surface area contributed by atoms with Crippen LogP contribution < -0.4 is 24.4 Å². The first kappa shape index (κ1) is 24.6. The van der Waals surface area contributed by atoms with Crippen molar-refractivity contribution >= 4 is 29.4 Å². The average molecular weight is 489 g/mol. The van der Waals surface area contributed by atoms with E-state index in [9.17, 15) is 0 Å². The first-order chi connectivity index (χ1) is 16.0. The van der Waals surface area contributed by atoms with Crippen molar-refractivity contribution in [2.24, 2.45) is 5.10 Å². The van der Waals surface area contributed by atoms with Crippen molar-refractivity contribution in [3.8, 4) is 23.0 Å². The van der Waals surface area contributed by atoms with Crippen molar-refractivity contribution in [3.05, 3.63) is 81.3 Å². The molecular formula is C25H26Cl2N2O4. The van der Waals surface area contributed by atoms with Crippen LogP contribution >= 0.6 is 23.2 Å². The molecule has 0 amide bonds. The van der Waals surface area contributed by atoms with Gasteiger partial charge in [0.25, 0.3) is 0 Å². The largest absolute Gasteiger partial charge is 0.493 e. The van der Waals surface area contributed by atoms with Gasteiger partial charge in [-0.1, -0.05) is 35.3 Å². The Morgan fingerprint density at radius 3 is 2.36 bits per heavy atom. The summed E-state index contributed by atoms with van der Waals surface area (Å²) in [6.07, 6.45) is 1.73. The monoisotopic (exact) mass is 488 g/mol. The lowest BCUT2D eigenvalue weighted by molar-refractivity contribution is 0.269. The van der Waals surface area contributed by atoms with E-state index in [2.05, 4.69) is 10.5 Å². The standard InChI is InChI=1S/C25H26Cl2N2O4/c1-4-32-25-12-18(6-10-23(25)33-16-19-7-8-20(26)13-21(19)27)15-29-28-14-17-5-9-22(30-2)24(11-17)31-3/h5-13,15,28H,4,14,16H2,1-3H3/b29-15-. The predicted molar refractivity (Wildman–Crippen MR) is 132 cm³/mol. The van der Waals surface area contributed by atoms with Gasteiger partial charge in [0, 0.05) is 15.6 Å². The Bertz CT molecular complexity index is 1110. The van der Waals surface area contributed by atoms with Gasteiger partial charge in [-0.15, -0.1) is 0 Å². The summed E-state index contributed by atoms with van der Waals surface area (Å²) in [5, 5.41) is 5.45. The number of nitrogens with one attached hydrogen (secondary N) is 1. The molecule has 3 aromatic carbocycles. The Kier molecular flexibility index (Phi) is 9.10. The molecule has 0 aliphatic rings. The van der Waals surface area contributed by atoms with Gasteiger partial charge in [0.15, 0.2) is 23.0 Å². The molecule has 0 heterocycles. The third-order valence-electron chi connectivity index (χ3n) is 4.70. The topological polar surface area (TPSA) is 61.3 Å². The number of ether oxygens (including phenoxy) is 4. The van der Waals surface area contributed by atoms with Crippen LogP contribution in [0.4, 0.5) is 0 Å². The summed E-state index contributed by atoms with van der Waals surface area (Å²) in [6, 6.07) is 16.7. The molecular weight excluding hydrogens is 463 g/mol. The molecule has 0 aromatic heterocycles. The number of hydrazone groups is 1. The second-order valence-corrected chi connectivity index (χ2v) is 7.79. The second-order valence-electron chi connectivity index (χ2n) is 6.95. The zero-order valence-corrected chi connectivity index (χ0v) is 20.2. The number of hydrogen-bond acceptors (Lipinski definition) is 6. The molecule has 174 valence electrons. The highest BCUT2D eigenvalue weighted by Gasteiger charge is 2.09. The summed E-state index contributed by atoms with van der Waals surface area (Å²) < 4.78 is 22.3. The van der Waals surface area contributed by atoms with Gasteiger partial charge in [-0.25, -0.2) is 0 Å². The van der Waals surface area contributed by atoms with Crippen molar-refractivity contribution < 1.29 is 18.9 Å². The summed E-state index contributed by atoms with van der Waals surface area (Å²) >= 11 is 12.2. The summed E-state index contributed by atoms with van der Waals surface area (Å²) in [4.78, 5) is 0. The highest BCUT2D eigenvalue weighted by Crippen LogP contribution is 2.30. The Labute approximate surface area is 204 Å². The van der Waals surface area contributed by atoms with Crippen LogP contribution in [0.2, 0.25) is 10.0 Å². The molecule has 0 saturated carbocycles. The maximum atomic E-state index is 6.24. The van der Waals surface area contributed by atoms with Crippen LogP contribution in [0.3, 0.4) is 0 Å². The molecule has 0 spiro atoms. The number of halogens is 2. The van der Waals surface area contributed by atoms with Crippen LogP contribution in [0, 0.1) is 0 Å². The van der Waals surface area contributed by atoms with E-state index in [4.69, 9.17) is 42.1 Å². The highest BCUT2D eigenvalue weighted by molar-refractivity contribution is 6.35. The molecule has 0 fully saturated rings. The molecule has 8 heteroatoms. The lowest BCUT2D eigenvalue weighted by Gasteiger charge is -2.13. The van der Waals surface area contributed by atoms with Gasteiger partial charge in [-0.3, -0.25) is 0 Å². The van der Waals surface area contributed by atoms with E-state index in [-0.39, 0.29) is 0 Å². The fraction of sp³-hybridized carbons (Fsp3) is 0.240. The van der Waals surface area contributed by atoms with Gasteiger partial charge in [-0.2, -0.15) is 5.10 Å². The summed E-state index contributed by atoms with van der Waals surface area (Å²) in [6.45, 7) is 3.27. The zero-order valence-electron chi connectivity index (χ0n) is 18.7. The number of benzene rings is 3. The van der Waals surface area contributed by atoms with Crippen molar-refractivity contribution in [1.29, 1.82) is 0 Å². The second kappa shape index (κ2) is 12.2. The van der Waals surface area contributed by atoms with Crippen molar-refractivity contribution in [1.82, 2.24) is 5.43 Å². The lowest BCUT2D eigenvalue weighted by Crippen LogP contribution is -2.06. The van der Waals surface area contributed by atoms with Gasteiger partial charge in [-0.05, 0) is 60.5 Å². The van der Waals surface area contributed by atoms with Crippen LogP contribution in [0.5, 0.6) is 23.0 Å². The van der Waals surface area contributed by atoms with Gasteiger partial charge in [0.05, 0.1) is 33.6 Å². The van der Waals surface area contributed by atoms with E-state index in [1.807, 2.05) is 49.4 Å². The van der Waals surface area contributed by atoms with Crippen LogP contribution in [-0.2, 0) is 13.2 Å².